The molecule has 3 saturated heterocycles. The number of nitrogens with two attached hydrogens (primary N) is 2. The van der Waals surface area contributed by atoms with Gasteiger partial charge < -0.3 is 98.0 Å². The number of carboxylic acids is 5. The standard InChI is InChI=1S/C74H113N15O26S2/c1-3-4-6-17-56(91)79-53(71(109)88-22-10-16-55(88)72(110)87-21-9-15-54(87)67(76)105)46-117-65-64(116-45-52(70(108)80-50(66(75)104)40-60(96)97)82-69(107)51(39-48-13-7-5-8-14-48)81-68(106)49(18-19-59(94)95)78-57(92)38-47(2)90)73(111)89(74(65)112)23-12-33-114-35-37-115-36-34-113-32-11-20-77-58(93)41-83-24-26-84(42-61(98)99)28-30-86(44-63(102)103)31-29-85(27-25-83)43-62(100)101/h5,7-8,13-14,47,49-55,90H,3-4,6,9-12,15-46H2,1-2H3,(H2,75,104)(H2,76,105)(H,77,93)(H,78,92)(H,79,91)(H,80,108)(H,81,106)(H,82,107)(H,94,95)(H,96,97)(H,98,99)(H,100,101)(H,102,103)/t47-,49+,50+,51+,52+,53+,54+,55+/m1/s1. The number of aliphatic hydroxyl groups is 1. The van der Waals surface area contributed by atoms with Crippen molar-refractivity contribution in [3.63, 3.8) is 0 Å². The molecule has 4 heterocycles. The number of ether oxygens (including phenoxy) is 3. The number of aliphatic carboxylic acids is 5. The normalized spacial score (nSPS) is 18.3. The van der Waals surface area contributed by atoms with Crippen molar-refractivity contribution in [2.24, 2.45) is 11.5 Å². The first-order chi connectivity index (χ1) is 55.7. The van der Waals surface area contributed by atoms with Crippen LogP contribution < -0.4 is 43.4 Å². The summed E-state index contributed by atoms with van der Waals surface area (Å²) in [5.74, 6) is -17.6. The highest BCUT2D eigenvalue weighted by molar-refractivity contribution is 8.08. The van der Waals surface area contributed by atoms with Crippen molar-refractivity contribution in [3.8, 4) is 0 Å². The lowest BCUT2D eigenvalue weighted by molar-refractivity contribution is -0.147. The van der Waals surface area contributed by atoms with E-state index < -0.39 is 180 Å². The highest BCUT2D eigenvalue weighted by Crippen LogP contribution is 2.38. The van der Waals surface area contributed by atoms with Gasteiger partial charge in [0.1, 0.15) is 42.3 Å². The van der Waals surface area contributed by atoms with E-state index in [-0.39, 0.29) is 186 Å². The molecule has 0 aromatic heterocycles. The molecule has 3 fully saturated rings. The number of primary amides is 2. The summed E-state index contributed by atoms with van der Waals surface area (Å²) in [4.78, 5) is 235. The Bertz CT molecular complexity index is 3570. The van der Waals surface area contributed by atoms with Gasteiger partial charge in [-0.1, -0.05) is 50.1 Å². The highest BCUT2D eigenvalue weighted by Gasteiger charge is 2.45. The van der Waals surface area contributed by atoms with Gasteiger partial charge in [-0.15, -0.1) is 23.5 Å². The zero-order chi connectivity index (χ0) is 86.1. The van der Waals surface area contributed by atoms with Crippen molar-refractivity contribution in [3.05, 3.63) is 45.7 Å². The number of nitrogens with zero attached hydrogens (tertiary/aromatic N) is 7. The fraction of sp³-hybridized carbons (Fsp3) is 0.662. The van der Waals surface area contributed by atoms with Crippen molar-refractivity contribution >= 4 is 124 Å². The van der Waals surface area contributed by atoms with Gasteiger partial charge in [0.2, 0.25) is 59.1 Å². The van der Waals surface area contributed by atoms with Gasteiger partial charge in [0, 0.05) is 123 Å². The number of carbonyl (C=O) groups excluding carboxylic acids is 12. The predicted octanol–water partition coefficient (Wildman–Crippen LogP) is -4.24. The van der Waals surface area contributed by atoms with Crippen molar-refractivity contribution < 1.29 is 126 Å². The smallest absolute Gasteiger partial charge is 0.317 e. The van der Waals surface area contributed by atoms with Crippen molar-refractivity contribution in [2.75, 3.05) is 156 Å². The van der Waals surface area contributed by atoms with E-state index in [1.807, 2.05) is 6.92 Å². The van der Waals surface area contributed by atoms with E-state index in [0.717, 1.165) is 11.3 Å². The molecule has 5 rings (SSSR count). The second kappa shape index (κ2) is 52.4. The van der Waals surface area contributed by atoms with Gasteiger partial charge >= 0.3 is 29.8 Å². The zero-order valence-electron chi connectivity index (χ0n) is 66.0. The first-order valence-corrected chi connectivity index (χ1v) is 41.0. The lowest BCUT2D eigenvalue weighted by Crippen LogP contribution is -2.59. The summed E-state index contributed by atoms with van der Waals surface area (Å²) < 4.78 is 17.1. The van der Waals surface area contributed by atoms with Gasteiger partial charge in [0.25, 0.3) is 11.8 Å². The molecule has 4 aliphatic heterocycles. The molecule has 0 spiro atoms. The summed E-state index contributed by atoms with van der Waals surface area (Å²) in [5, 5.41) is 72.9. The third kappa shape index (κ3) is 36.1. The van der Waals surface area contributed by atoms with Gasteiger partial charge in [-0.3, -0.25) is 106 Å². The summed E-state index contributed by atoms with van der Waals surface area (Å²) >= 11 is 1.22. The van der Waals surface area contributed by atoms with Crippen molar-refractivity contribution in [1.29, 1.82) is 0 Å². The van der Waals surface area contributed by atoms with Crippen molar-refractivity contribution in [2.45, 2.75) is 159 Å². The lowest BCUT2D eigenvalue weighted by Gasteiger charge is -2.32. The second-order valence-electron chi connectivity index (χ2n) is 28.6. The number of aliphatic hydroxyl groups excluding tert-OH is 1. The predicted molar refractivity (Wildman–Crippen MR) is 419 cm³/mol. The maximum absolute atomic E-state index is 14.9. The average Bonchev–Trinajstić information content (AvgIpc) is 1.65. The molecule has 41 nitrogen and oxygen atoms in total. The molecule has 8 atom stereocenters. The van der Waals surface area contributed by atoms with E-state index >= 15 is 0 Å². The summed E-state index contributed by atoms with van der Waals surface area (Å²) in [5.41, 5.74) is 11.6. The van der Waals surface area contributed by atoms with E-state index in [4.69, 9.17) is 25.7 Å². The molecule has 0 saturated carbocycles. The lowest BCUT2D eigenvalue weighted by atomic mass is 10.0. The van der Waals surface area contributed by atoms with Crippen molar-refractivity contribution in [1.82, 2.24) is 66.2 Å². The zero-order valence-corrected chi connectivity index (χ0v) is 67.7. The summed E-state index contributed by atoms with van der Waals surface area (Å²) in [6, 6.07) is -2.49. The number of carbonyl (C=O) groups is 17. The number of carboxylic acid groups (broad SMARTS) is 5. The van der Waals surface area contributed by atoms with E-state index in [1.54, 1.807) is 49.9 Å². The number of unbranched alkanes of at least 4 members (excludes halogenated alkanes) is 2. The molecule has 1 aromatic rings. The molecular weight excluding hydrogens is 1580 g/mol. The molecule has 652 valence electrons. The molecule has 43 heteroatoms. The Kier molecular flexibility index (Phi) is 43.9. The monoisotopic (exact) mass is 1690 g/mol. The van der Waals surface area contributed by atoms with Gasteiger partial charge in [0.05, 0.1) is 81.4 Å². The van der Waals surface area contributed by atoms with Crippen LogP contribution in [0.2, 0.25) is 0 Å². The molecule has 0 radical (unpaired) electrons. The fourth-order valence-electron chi connectivity index (χ4n) is 13.1. The van der Waals surface area contributed by atoms with Gasteiger partial charge in [-0.25, -0.2) is 0 Å². The van der Waals surface area contributed by atoms with Crippen LogP contribution >= 0.6 is 23.5 Å². The SMILES string of the molecule is CCCCCC(=O)N[C@@H](CSC1=C(SC[C@H](NC(=O)[C@H](Cc2ccccc2)NC(=O)[C@H](CCC(=O)O)NC(=O)C[C@@H](C)O)C(=O)N[C@@H](CC(=O)O)C(N)=O)C(=O)N(CCCOCCOCCOCCCNC(=O)CN2CCN(CC(=O)O)CCN(CC(=O)O)CCN(CC(=O)O)CC2)C1=O)C(=O)N1CCC[C@H]1C(=O)N1CCC[C@H]1C(N)=O. The molecule has 12 amide bonds. The number of imide groups is 1. The molecule has 16 N–H and O–H groups in total. The van der Waals surface area contributed by atoms with Crippen LogP contribution in [0.3, 0.4) is 0 Å². The first kappa shape index (κ1) is 98.1. The molecule has 4 aliphatic rings. The molecule has 0 unspecified atom stereocenters. The van der Waals surface area contributed by atoms with Gasteiger partial charge in [0.15, 0.2) is 0 Å². The third-order valence-corrected chi connectivity index (χ3v) is 21.6. The van der Waals surface area contributed by atoms with E-state index in [1.165, 1.54) is 16.7 Å². The van der Waals surface area contributed by atoms with Crippen LogP contribution in [0.25, 0.3) is 0 Å². The minimum Gasteiger partial charge on any atom is -0.481 e. The molecular formula is C74H113N15O26S2. The summed E-state index contributed by atoms with van der Waals surface area (Å²) in [6.45, 7) is 4.97. The van der Waals surface area contributed by atoms with Crippen LogP contribution in [-0.4, -0.2) is 370 Å². The average molecular weight is 1690 g/mol. The molecule has 1 aromatic carbocycles. The van der Waals surface area contributed by atoms with Crippen LogP contribution in [0.4, 0.5) is 0 Å². The number of rotatable bonds is 53. The number of hydrogen-bond donors (Lipinski definition) is 14. The maximum atomic E-state index is 14.9. The Morgan fingerprint density at radius 3 is 1.49 bits per heavy atom. The largest absolute Gasteiger partial charge is 0.481 e. The van der Waals surface area contributed by atoms with Crippen LogP contribution in [0, 0.1) is 0 Å². The number of likely N-dealkylation sites (tertiary alicyclic amines) is 2. The minimum absolute atomic E-state index is 0.0175. The summed E-state index contributed by atoms with van der Waals surface area (Å²) in [7, 11) is 0. The van der Waals surface area contributed by atoms with Gasteiger partial charge in [-0.2, -0.15) is 0 Å². The first-order valence-electron chi connectivity index (χ1n) is 39.0. The Labute approximate surface area is 685 Å². The quantitative estimate of drug-likeness (QED) is 0.0217. The van der Waals surface area contributed by atoms with E-state index in [0.29, 0.717) is 67.6 Å². The molecule has 117 heavy (non-hydrogen) atoms. The van der Waals surface area contributed by atoms with Crippen LogP contribution in [-0.2, 0) is 102 Å². The molecule has 0 aliphatic carbocycles. The van der Waals surface area contributed by atoms with Crippen LogP contribution in [0.5, 0.6) is 0 Å². The Morgan fingerprint density at radius 2 is 0.974 bits per heavy atom. The topological polar surface area (TPSA) is 586 Å². The minimum atomic E-state index is -1.92. The highest BCUT2D eigenvalue weighted by atomic mass is 32.2. The van der Waals surface area contributed by atoms with Gasteiger partial charge in [-0.05, 0) is 63.9 Å². The maximum Gasteiger partial charge on any atom is 0.317 e. The fourth-order valence-corrected chi connectivity index (χ4v) is 15.5. The van der Waals surface area contributed by atoms with E-state index in [2.05, 4.69) is 31.9 Å². The van der Waals surface area contributed by atoms with Crippen LogP contribution in [0.15, 0.2) is 40.1 Å². The number of benzene rings is 1. The number of hydrogen-bond acceptors (Lipinski definition) is 27. The Balaban J connectivity index is 1.31. The van der Waals surface area contributed by atoms with Crippen LogP contribution in [0.1, 0.15) is 109 Å². The number of thioether (sulfide) groups is 2. The number of amides is 12. The second-order valence-corrected chi connectivity index (χ2v) is 30.6. The molecule has 0 bridgehead atoms. The Morgan fingerprint density at radius 1 is 0.496 bits per heavy atom. The summed E-state index contributed by atoms with van der Waals surface area (Å²) in [6.07, 6.45) is -0.552. The van der Waals surface area contributed by atoms with E-state index in [9.17, 15) is 112 Å². The Hall–Kier alpha value is -9.47. The number of nitrogens with one attached hydrogen (secondary N) is 6. The third-order valence-electron chi connectivity index (χ3n) is 19.1.